The van der Waals surface area contributed by atoms with Crippen molar-refractivity contribution in [2.75, 3.05) is 13.2 Å². The van der Waals surface area contributed by atoms with Gasteiger partial charge in [0.1, 0.15) is 12.4 Å². The highest BCUT2D eigenvalue weighted by atomic mass is 16.5. The Kier molecular flexibility index (Phi) is 3.21. The zero-order valence-corrected chi connectivity index (χ0v) is 10.9. The van der Waals surface area contributed by atoms with Gasteiger partial charge < -0.3 is 15.0 Å². The van der Waals surface area contributed by atoms with Crippen LogP contribution in [-0.2, 0) is 6.42 Å². The summed E-state index contributed by atoms with van der Waals surface area (Å²) in [5, 5.41) is 4.00. The third-order valence-corrected chi connectivity index (χ3v) is 3.48. The van der Waals surface area contributed by atoms with E-state index in [0.717, 1.165) is 12.2 Å². The average Bonchev–Trinajstić information content (AvgIpc) is 2.95. The highest BCUT2D eigenvalue weighted by Crippen LogP contribution is 2.31. The minimum atomic E-state index is 0.120. The molecule has 2 N–H and O–H groups in total. The summed E-state index contributed by atoms with van der Waals surface area (Å²) in [4.78, 5) is 4.44. The van der Waals surface area contributed by atoms with Gasteiger partial charge in [-0.3, -0.25) is 0 Å². The van der Waals surface area contributed by atoms with Crippen molar-refractivity contribution in [2.45, 2.75) is 25.2 Å². The van der Waals surface area contributed by atoms with Crippen LogP contribution in [0.25, 0.3) is 0 Å². The summed E-state index contributed by atoms with van der Waals surface area (Å²) >= 11 is 0. The van der Waals surface area contributed by atoms with Crippen LogP contribution in [-0.4, -0.2) is 23.3 Å². The number of nitrogens with two attached hydrogens (primary N) is 1. The second kappa shape index (κ2) is 5.01. The number of nitrogens with zero attached hydrogens (tertiary/aromatic N) is 2. The molecule has 1 aliphatic heterocycles. The predicted octanol–water partition coefficient (Wildman–Crippen LogP) is 1.85. The first kappa shape index (κ1) is 12.2. The molecule has 2 unspecified atom stereocenters. The molecule has 2 aromatic rings. The summed E-state index contributed by atoms with van der Waals surface area (Å²) in [5.74, 6) is 2.52. The van der Waals surface area contributed by atoms with Gasteiger partial charge in [0.15, 0.2) is 5.82 Å². The molecule has 1 aliphatic rings. The largest absolute Gasteiger partial charge is 0.492 e. The van der Waals surface area contributed by atoms with E-state index in [4.69, 9.17) is 15.0 Å². The molecule has 0 fully saturated rings. The van der Waals surface area contributed by atoms with Gasteiger partial charge >= 0.3 is 0 Å². The molecule has 100 valence electrons. The lowest BCUT2D eigenvalue weighted by Gasteiger charge is -2.22. The Hall–Kier alpha value is -1.88. The van der Waals surface area contributed by atoms with Crippen molar-refractivity contribution in [2.24, 2.45) is 5.73 Å². The topological polar surface area (TPSA) is 74.2 Å². The molecule has 0 amide bonds. The third kappa shape index (κ3) is 2.33. The molecule has 2 atom stereocenters. The van der Waals surface area contributed by atoms with Crippen LogP contribution in [0.4, 0.5) is 0 Å². The Balaban J connectivity index is 1.79. The molecule has 1 aromatic heterocycles. The van der Waals surface area contributed by atoms with Gasteiger partial charge in [-0.05, 0) is 18.1 Å². The Morgan fingerprint density at radius 1 is 1.42 bits per heavy atom. The minimum absolute atomic E-state index is 0.120. The lowest BCUT2D eigenvalue weighted by molar-refractivity contribution is 0.230. The number of rotatable bonds is 3. The summed E-state index contributed by atoms with van der Waals surface area (Å²) in [5.41, 5.74) is 6.79. The van der Waals surface area contributed by atoms with Crippen LogP contribution in [0.2, 0.25) is 0 Å². The molecule has 19 heavy (non-hydrogen) atoms. The van der Waals surface area contributed by atoms with Crippen LogP contribution in [0.15, 0.2) is 28.8 Å². The van der Waals surface area contributed by atoms with E-state index in [9.17, 15) is 0 Å². The average molecular weight is 259 g/mol. The third-order valence-electron chi connectivity index (χ3n) is 3.48. The van der Waals surface area contributed by atoms with Crippen molar-refractivity contribution >= 4 is 0 Å². The number of benzene rings is 1. The predicted molar refractivity (Wildman–Crippen MR) is 70.1 cm³/mol. The summed E-state index contributed by atoms with van der Waals surface area (Å²) < 4.78 is 11.1. The molecule has 0 bridgehead atoms. The lowest BCUT2D eigenvalue weighted by atomic mass is 9.97. The summed E-state index contributed by atoms with van der Waals surface area (Å²) in [6.07, 6.45) is 0.870. The summed E-state index contributed by atoms with van der Waals surface area (Å²) in [6.45, 7) is 3.08. The van der Waals surface area contributed by atoms with Crippen LogP contribution in [0, 0.1) is 0 Å². The van der Waals surface area contributed by atoms with Crippen LogP contribution < -0.4 is 10.5 Å². The van der Waals surface area contributed by atoms with Crippen molar-refractivity contribution in [3.63, 3.8) is 0 Å². The Morgan fingerprint density at radius 3 is 3.11 bits per heavy atom. The first-order valence-corrected chi connectivity index (χ1v) is 6.52. The molecule has 5 nitrogen and oxygen atoms in total. The van der Waals surface area contributed by atoms with Gasteiger partial charge in [0, 0.05) is 12.5 Å². The van der Waals surface area contributed by atoms with Crippen LogP contribution in [0.3, 0.4) is 0 Å². The normalized spacial score (nSPS) is 19.6. The number of para-hydroxylation sites is 1. The van der Waals surface area contributed by atoms with Crippen molar-refractivity contribution in [3.05, 3.63) is 41.5 Å². The van der Waals surface area contributed by atoms with E-state index in [1.165, 1.54) is 5.56 Å². The maximum absolute atomic E-state index is 5.73. The highest BCUT2D eigenvalue weighted by molar-refractivity contribution is 5.36. The fourth-order valence-corrected chi connectivity index (χ4v) is 2.21. The molecule has 3 rings (SSSR count). The SMILES string of the molecule is CC(CN)c1noc(C2COc3ccccc3C2)n1. The van der Waals surface area contributed by atoms with E-state index in [2.05, 4.69) is 16.2 Å². The van der Waals surface area contributed by atoms with E-state index < -0.39 is 0 Å². The first-order valence-electron chi connectivity index (χ1n) is 6.52. The Morgan fingerprint density at radius 2 is 2.26 bits per heavy atom. The van der Waals surface area contributed by atoms with Crippen molar-refractivity contribution in [1.29, 1.82) is 0 Å². The molecule has 2 heterocycles. The Labute approximate surface area is 111 Å². The molecule has 0 aliphatic carbocycles. The minimum Gasteiger partial charge on any atom is -0.492 e. The van der Waals surface area contributed by atoms with E-state index in [0.29, 0.717) is 24.9 Å². The van der Waals surface area contributed by atoms with Gasteiger partial charge in [0.25, 0.3) is 0 Å². The molecular weight excluding hydrogens is 242 g/mol. The van der Waals surface area contributed by atoms with E-state index in [-0.39, 0.29) is 11.8 Å². The molecule has 5 heteroatoms. The van der Waals surface area contributed by atoms with Crippen molar-refractivity contribution in [3.8, 4) is 5.75 Å². The maximum atomic E-state index is 5.73. The molecule has 0 radical (unpaired) electrons. The van der Waals surface area contributed by atoms with E-state index >= 15 is 0 Å². The van der Waals surface area contributed by atoms with Crippen molar-refractivity contribution < 1.29 is 9.26 Å². The maximum Gasteiger partial charge on any atom is 0.233 e. The van der Waals surface area contributed by atoms with E-state index in [1.54, 1.807) is 0 Å². The van der Waals surface area contributed by atoms with Crippen LogP contribution >= 0.6 is 0 Å². The number of hydrogen-bond donors (Lipinski definition) is 1. The van der Waals surface area contributed by atoms with Gasteiger partial charge in [-0.15, -0.1) is 0 Å². The fourth-order valence-electron chi connectivity index (χ4n) is 2.21. The van der Waals surface area contributed by atoms with Gasteiger partial charge in [-0.25, -0.2) is 0 Å². The van der Waals surface area contributed by atoms with Crippen molar-refractivity contribution in [1.82, 2.24) is 10.1 Å². The monoisotopic (exact) mass is 259 g/mol. The number of fused-ring (bicyclic) bond motifs is 1. The smallest absolute Gasteiger partial charge is 0.233 e. The zero-order chi connectivity index (χ0) is 13.2. The second-order valence-corrected chi connectivity index (χ2v) is 4.95. The number of ether oxygens (including phenoxy) is 1. The summed E-state index contributed by atoms with van der Waals surface area (Å²) in [7, 11) is 0. The summed E-state index contributed by atoms with van der Waals surface area (Å²) in [6, 6.07) is 8.05. The Bertz CT molecular complexity index is 567. The van der Waals surface area contributed by atoms with Gasteiger partial charge in [0.05, 0.1) is 5.92 Å². The van der Waals surface area contributed by atoms with Gasteiger partial charge in [0.2, 0.25) is 5.89 Å². The zero-order valence-electron chi connectivity index (χ0n) is 10.9. The molecule has 0 saturated carbocycles. The number of hydrogen-bond acceptors (Lipinski definition) is 5. The first-order chi connectivity index (χ1) is 9.28. The molecular formula is C14H17N3O2. The number of aromatic nitrogens is 2. The molecule has 0 spiro atoms. The van der Waals surface area contributed by atoms with Crippen LogP contribution in [0.5, 0.6) is 5.75 Å². The van der Waals surface area contributed by atoms with E-state index in [1.807, 2.05) is 25.1 Å². The fraction of sp³-hybridized carbons (Fsp3) is 0.429. The highest BCUT2D eigenvalue weighted by Gasteiger charge is 2.26. The van der Waals surface area contributed by atoms with Crippen LogP contribution in [0.1, 0.15) is 36.0 Å². The van der Waals surface area contributed by atoms with Gasteiger partial charge in [-0.2, -0.15) is 4.98 Å². The standard InChI is InChI=1S/C14H17N3O2/c1-9(7-15)13-16-14(19-17-13)11-6-10-4-2-3-5-12(10)18-8-11/h2-5,9,11H,6-8,15H2,1H3. The second-order valence-electron chi connectivity index (χ2n) is 4.95. The van der Waals surface area contributed by atoms with Gasteiger partial charge in [-0.1, -0.05) is 30.3 Å². The molecule has 0 saturated heterocycles. The molecule has 1 aromatic carbocycles. The quantitative estimate of drug-likeness (QED) is 0.910. The lowest BCUT2D eigenvalue weighted by Crippen LogP contribution is -2.19.